The Morgan fingerprint density at radius 2 is 0.480 bits per heavy atom. The zero-order valence-corrected chi connectivity index (χ0v) is 67.1. The molecular formula is C81H158O17P2. The fourth-order valence-corrected chi connectivity index (χ4v) is 14.1. The molecule has 0 radical (unpaired) electrons. The molecule has 0 aromatic rings. The molecule has 0 rings (SSSR count). The number of carbonyl (C=O) groups excluding carboxylic acids is 4. The van der Waals surface area contributed by atoms with Gasteiger partial charge in [0.2, 0.25) is 0 Å². The number of hydrogen-bond acceptors (Lipinski definition) is 15. The van der Waals surface area contributed by atoms with Crippen molar-refractivity contribution in [1.29, 1.82) is 0 Å². The molecule has 100 heavy (non-hydrogen) atoms. The first-order valence-electron chi connectivity index (χ1n) is 42.2. The molecule has 19 heteroatoms. The van der Waals surface area contributed by atoms with Crippen molar-refractivity contribution in [2.24, 2.45) is 5.92 Å². The maximum Gasteiger partial charge on any atom is 0.472 e. The van der Waals surface area contributed by atoms with Gasteiger partial charge < -0.3 is 33.8 Å². The van der Waals surface area contributed by atoms with E-state index in [1.807, 2.05) is 0 Å². The highest BCUT2D eigenvalue weighted by Gasteiger charge is 2.30. The van der Waals surface area contributed by atoms with Gasteiger partial charge in [-0.15, -0.1) is 0 Å². The van der Waals surface area contributed by atoms with Gasteiger partial charge in [-0.25, -0.2) is 9.13 Å². The van der Waals surface area contributed by atoms with E-state index in [4.69, 9.17) is 37.0 Å². The summed E-state index contributed by atoms with van der Waals surface area (Å²) in [6.45, 7) is 7.29. The molecule has 0 aromatic heterocycles. The molecule has 0 aliphatic carbocycles. The highest BCUT2D eigenvalue weighted by molar-refractivity contribution is 7.47. The summed E-state index contributed by atoms with van der Waals surface area (Å²) in [5.74, 6) is -1.38. The number of rotatable bonds is 81. The van der Waals surface area contributed by atoms with E-state index in [0.29, 0.717) is 25.7 Å². The van der Waals surface area contributed by atoms with Gasteiger partial charge in [0.15, 0.2) is 12.2 Å². The minimum absolute atomic E-state index is 0.107. The highest BCUT2D eigenvalue weighted by atomic mass is 31.2. The predicted octanol–water partition coefficient (Wildman–Crippen LogP) is 24.4. The number of phosphoric ester groups is 2. The van der Waals surface area contributed by atoms with Crippen LogP contribution in [0, 0.1) is 5.92 Å². The van der Waals surface area contributed by atoms with E-state index < -0.39 is 97.5 Å². The number of aliphatic hydroxyl groups excluding tert-OH is 1. The Balaban J connectivity index is 5.20. The number of hydrogen-bond donors (Lipinski definition) is 3. The number of ether oxygens (including phenoxy) is 4. The largest absolute Gasteiger partial charge is 0.472 e. The van der Waals surface area contributed by atoms with Crippen molar-refractivity contribution in [1.82, 2.24) is 0 Å². The van der Waals surface area contributed by atoms with E-state index in [2.05, 4.69) is 34.6 Å². The van der Waals surface area contributed by atoms with Gasteiger partial charge in [-0.1, -0.05) is 381 Å². The predicted molar refractivity (Wildman–Crippen MR) is 409 cm³/mol. The van der Waals surface area contributed by atoms with Crippen LogP contribution in [0.3, 0.4) is 0 Å². The summed E-state index contributed by atoms with van der Waals surface area (Å²) >= 11 is 0. The minimum Gasteiger partial charge on any atom is -0.462 e. The Hall–Kier alpha value is -1.94. The van der Waals surface area contributed by atoms with E-state index in [1.54, 1.807) is 0 Å². The summed E-state index contributed by atoms with van der Waals surface area (Å²) in [5.41, 5.74) is 0. The normalized spacial score (nSPS) is 14.1. The van der Waals surface area contributed by atoms with E-state index in [9.17, 15) is 43.2 Å². The third-order valence-corrected chi connectivity index (χ3v) is 21.3. The average molecular weight is 1470 g/mol. The van der Waals surface area contributed by atoms with Gasteiger partial charge in [-0.05, 0) is 31.6 Å². The van der Waals surface area contributed by atoms with Crippen LogP contribution in [0.2, 0.25) is 0 Å². The van der Waals surface area contributed by atoms with Crippen molar-refractivity contribution < 1.29 is 80.2 Å². The van der Waals surface area contributed by atoms with Crippen LogP contribution in [-0.2, 0) is 65.4 Å². The first-order valence-corrected chi connectivity index (χ1v) is 45.2. The van der Waals surface area contributed by atoms with Crippen LogP contribution in [0.15, 0.2) is 0 Å². The summed E-state index contributed by atoms with van der Waals surface area (Å²) in [7, 11) is -9.92. The standard InChI is InChI=1S/C81H158O17P2/c1-6-10-13-16-19-22-25-28-30-31-32-33-34-35-36-38-41-44-47-50-57-62-67-80(85)97-76(70-91-78(83)64-59-54-48-45-42-40-37-29-26-23-20-17-14-11-7-2)72-95-99(87,88)93-68-75(82)69-94-100(89,90)96-73-77(71-92-79(84)65-60-55-52-51-53-58-63-74(5)9-4)98-81(86)66-61-56-49-46-43-39-27-24-21-18-15-12-8-3/h74-77,82H,6-73H2,1-5H3,(H,87,88)(H,89,90)/t74?,75-,76-,77-/m1/s1. The molecule has 0 heterocycles. The lowest BCUT2D eigenvalue weighted by Crippen LogP contribution is -2.30. The summed E-state index contributed by atoms with van der Waals surface area (Å²) in [6.07, 6.45) is 65.3. The molecule has 0 saturated heterocycles. The number of unbranched alkanes of at least 4 members (excludes halogenated alkanes) is 52. The van der Waals surface area contributed by atoms with Gasteiger partial charge in [0.25, 0.3) is 0 Å². The molecule has 0 aliphatic heterocycles. The summed E-state index contributed by atoms with van der Waals surface area (Å²) in [6, 6.07) is 0. The van der Waals surface area contributed by atoms with Crippen molar-refractivity contribution in [3.05, 3.63) is 0 Å². The third-order valence-electron chi connectivity index (χ3n) is 19.4. The highest BCUT2D eigenvalue weighted by Crippen LogP contribution is 2.45. The fraction of sp³-hybridized carbons (Fsp3) is 0.951. The Kier molecular flexibility index (Phi) is 72.5. The van der Waals surface area contributed by atoms with Crippen LogP contribution >= 0.6 is 15.6 Å². The maximum atomic E-state index is 13.1. The van der Waals surface area contributed by atoms with E-state index in [1.165, 1.54) is 250 Å². The third kappa shape index (κ3) is 73.0. The second-order valence-corrected chi connectivity index (χ2v) is 32.3. The quantitative estimate of drug-likeness (QED) is 0.0222. The lowest BCUT2D eigenvalue weighted by Gasteiger charge is -2.21. The Bertz CT molecular complexity index is 1910. The molecule has 6 atom stereocenters. The summed E-state index contributed by atoms with van der Waals surface area (Å²) < 4.78 is 68.7. The van der Waals surface area contributed by atoms with Crippen LogP contribution in [0.1, 0.15) is 433 Å². The van der Waals surface area contributed by atoms with Crippen molar-refractivity contribution in [3.63, 3.8) is 0 Å². The van der Waals surface area contributed by atoms with Gasteiger partial charge in [-0.2, -0.15) is 0 Å². The number of phosphoric acid groups is 2. The van der Waals surface area contributed by atoms with Crippen molar-refractivity contribution in [2.45, 2.75) is 451 Å². The van der Waals surface area contributed by atoms with E-state index >= 15 is 0 Å². The summed E-state index contributed by atoms with van der Waals surface area (Å²) in [5, 5.41) is 10.6. The van der Waals surface area contributed by atoms with Gasteiger partial charge in [0.1, 0.15) is 19.3 Å². The molecule has 0 fully saturated rings. The van der Waals surface area contributed by atoms with Crippen LogP contribution in [0.4, 0.5) is 0 Å². The topological polar surface area (TPSA) is 237 Å². The van der Waals surface area contributed by atoms with Crippen LogP contribution in [0.5, 0.6) is 0 Å². The lowest BCUT2D eigenvalue weighted by atomic mass is 10.00. The fourth-order valence-electron chi connectivity index (χ4n) is 12.6. The van der Waals surface area contributed by atoms with Gasteiger partial charge in [0, 0.05) is 25.7 Å². The molecule has 594 valence electrons. The van der Waals surface area contributed by atoms with Gasteiger partial charge in [0.05, 0.1) is 26.4 Å². The van der Waals surface area contributed by atoms with Crippen LogP contribution in [0.25, 0.3) is 0 Å². The van der Waals surface area contributed by atoms with Crippen molar-refractivity contribution in [3.8, 4) is 0 Å². The van der Waals surface area contributed by atoms with Gasteiger partial charge in [-0.3, -0.25) is 37.3 Å². The zero-order chi connectivity index (χ0) is 73.4. The number of aliphatic hydroxyl groups is 1. The monoisotopic (exact) mass is 1470 g/mol. The van der Waals surface area contributed by atoms with Crippen LogP contribution < -0.4 is 0 Å². The Morgan fingerprint density at radius 1 is 0.280 bits per heavy atom. The van der Waals surface area contributed by atoms with Gasteiger partial charge >= 0.3 is 39.5 Å². The van der Waals surface area contributed by atoms with Crippen molar-refractivity contribution in [2.75, 3.05) is 39.6 Å². The summed E-state index contributed by atoms with van der Waals surface area (Å²) in [4.78, 5) is 73.0. The van der Waals surface area contributed by atoms with E-state index in [-0.39, 0.29) is 25.7 Å². The van der Waals surface area contributed by atoms with Crippen molar-refractivity contribution >= 4 is 39.5 Å². The average Bonchev–Trinajstić information content (AvgIpc) is 0.951. The van der Waals surface area contributed by atoms with Crippen LogP contribution in [-0.4, -0.2) is 96.7 Å². The number of esters is 4. The smallest absolute Gasteiger partial charge is 0.462 e. The Labute approximate surface area is 613 Å². The SMILES string of the molecule is CCCCCCCCCCCCCCCCCCCCCCCCC(=O)O[C@H](COC(=O)CCCCCCCCCCCCCCCCC)COP(=O)(O)OC[C@@H](O)COP(=O)(O)OC[C@@H](COC(=O)CCCCCCCCC(C)CC)OC(=O)CCCCCCCCCCCCCCC. The molecule has 0 bridgehead atoms. The molecular weight excluding hydrogens is 1310 g/mol. The molecule has 3 unspecified atom stereocenters. The second-order valence-electron chi connectivity index (χ2n) is 29.4. The minimum atomic E-state index is -4.96. The molecule has 0 amide bonds. The Morgan fingerprint density at radius 3 is 0.710 bits per heavy atom. The molecule has 0 saturated carbocycles. The first kappa shape index (κ1) is 98.1. The molecule has 0 spiro atoms. The molecule has 0 aromatic carbocycles. The number of carbonyl (C=O) groups is 4. The zero-order valence-electron chi connectivity index (χ0n) is 65.3. The molecule has 0 aliphatic rings. The first-order chi connectivity index (χ1) is 48.6. The molecule has 17 nitrogen and oxygen atoms in total. The molecule has 3 N–H and O–H groups in total. The lowest BCUT2D eigenvalue weighted by molar-refractivity contribution is -0.161. The van der Waals surface area contributed by atoms with E-state index in [0.717, 1.165) is 102 Å². The second kappa shape index (κ2) is 73.9. The maximum absolute atomic E-state index is 13.1.